The fourth-order valence-electron chi connectivity index (χ4n) is 15.6. The van der Waals surface area contributed by atoms with Crippen molar-refractivity contribution in [1.82, 2.24) is 0 Å². The van der Waals surface area contributed by atoms with Gasteiger partial charge in [-0.2, -0.15) is 0 Å². The molecule has 71 heavy (non-hydrogen) atoms. The van der Waals surface area contributed by atoms with Crippen LogP contribution in [0, 0.1) is 56.7 Å². The number of aliphatic hydroxyl groups is 10. The van der Waals surface area contributed by atoms with E-state index in [-0.39, 0.29) is 39.4 Å². The van der Waals surface area contributed by atoms with Crippen LogP contribution >= 0.6 is 0 Å². The van der Waals surface area contributed by atoms with Crippen LogP contribution in [0.25, 0.3) is 0 Å². The Morgan fingerprint density at radius 3 is 2.00 bits per heavy atom. The Kier molecular flexibility index (Phi) is 14.9. The summed E-state index contributed by atoms with van der Waals surface area (Å²) in [5, 5.41) is 108. The minimum absolute atomic E-state index is 0.0302. The first-order valence-corrected chi connectivity index (χ1v) is 25.9. The molecule has 0 radical (unpaired) electrons. The molecule has 0 aromatic carbocycles. The smallest absolute Gasteiger partial charge is 0.311 e. The van der Waals surface area contributed by atoms with Crippen LogP contribution in [0.15, 0.2) is 11.6 Å². The molecule has 8 fully saturated rings. The molecule has 4 saturated heterocycles. The molecule has 0 amide bonds. The molecule has 10 N–H and O–H groups in total. The summed E-state index contributed by atoms with van der Waals surface area (Å²) in [7, 11) is 0. The summed E-state index contributed by atoms with van der Waals surface area (Å²) < 4.78 is 46.2. The summed E-state index contributed by atoms with van der Waals surface area (Å²) >= 11 is 0. The highest BCUT2D eigenvalue weighted by molar-refractivity contribution is 5.73. The summed E-state index contributed by atoms with van der Waals surface area (Å²) in [6.07, 6.45) is -16.6. The Morgan fingerprint density at radius 1 is 0.648 bits per heavy atom. The van der Waals surface area contributed by atoms with Crippen molar-refractivity contribution in [2.45, 2.75) is 217 Å². The molecule has 0 spiro atoms. The van der Waals surface area contributed by atoms with Gasteiger partial charge in [-0.3, -0.25) is 4.79 Å². The predicted octanol–water partition coefficient (Wildman–Crippen LogP) is -0.0555. The molecule has 20 nitrogen and oxygen atoms in total. The highest BCUT2D eigenvalue weighted by Crippen LogP contribution is 2.74. The van der Waals surface area contributed by atoms with E-state index in [2.05, 4.69) is 40.7 Å². The summed E-state index contributed by atoms with van der Waals surface area (Å²) in [6, 6.07) is 0. The molecule has 0 aromatic heterocycles. The lowest BCUT2D eigenvalue weighted by molar-refractivity contribution is -0.377. The van der Waals surface area contributed by atoms with Crippen LogP contribution in [0.1, 0.15) is 106 Å². The quantitative estimate of drug-likeness (QED) is 0.0822. The van der Waals surface area contributed by atoms with Gasteiger partial charge in [-0.1, -0.05) is 53.2 Å². The Labute approximate surface area is 414 Å². The number of esters is 1. The van der Waals surface area contributed by atoms with Crippen molar-refractivity contribution in [2.24, 2.45) is 56.7 Å². The lowest BCUT2D eigenvalue weighted by atomic mass is 9.34. The fourth-order valence-corrected chi connectivity index (χ4v) is 15.6. The summed E-state index contributed by atoms with van der Waals surface area (Å²) in [5.74, 6) is -0.563. The third-order valence-electron chi connectivity index (χ3n) is 19.9. The maximum absolute atomic E-state index is 14.5. The third-order valence-corrected chi connectivity index (χ3v) is 19.9. The molecule has 0 aromatic rings. The first kappa shape index (κ1) is 54.0. The molecule has 0 bridgehead atoms. The average molecular weight is 1010 g/mol. The molecule has 4 heterocycles. The van der Waals surface area contributed by atoms with Crippen LogP contribution in [0.2, 0.25) is 0 Å². The van der Waals surface area contributed by atoms with Gasteiger partial charge >= 0.3 is 5.97 Å². The number of carbonyl (C=O) groups excluding carboxylic acids is 2. The highest BCUT2D eigenvalue weighted by Gasteiger charge is 2.68. The van der Waals surface area contributed by atoms with E-state index in [1.165, 1.54) is 12.5 Å². The van der Waals surface area contributed by atoms with Gasteiger partial charge in [0.1, 0.15) is 79.5 Å². The first-order chi connectivity index (χ1) is 33.3. The van der Waals surface area contributed by atoms with E-state index in [0.717, 1.165) is 51.2 Å². The monoisotopic (exact) mass is 1010 g/mol. The molecule has 404 valence electrons. The van der Waals surface area contributed by atoms with Crippen LogP contribution in [0.3, 0.4) is 0 Å². The number of aliphatic hydroxyl groups excluding tert-OH is 10. The lowest BCUT2D eigenvalue weighted by Crippen LogP contribution is -2.65. The zero-order chi connectivity index (χ0) is 51.5. The third kappa shape index (κ3) is 9.00. The van der Waals surface area contributed by atoms with E-state index < -0.39 is 148 Å². The summed E-state index contributed by atoms with van der Waals surface area (Å²) in [4.78, 5) is 27.2. The van der Waals surface area contributed by atoms with Crippen molar-refractivity contribution in [2.75, 3.05) is 19.8 Å². The van der Waals surface area contributed by atoms with Crippen molar-refractivity contribution in [3.05, 3.63) is 11.6 Å². The Balaban J connectivity index is 0.849. The number of ether oxygens (including phenoxy) is 8. The fraction of sp³-hybridized carbons (Fsp3) is 0.922. The Hall–Kier alpha value is -1.80. The predicted molar refractivity (Wildman–Crippen MR) is 244 cm³/mol. The number of carbonyl (C=O) groups is 2. The SMILES string of the molecule is CC1OC(OC2COC(OC3C(O)COC(OC(=O)C4CC(C)(C)CC5C6=CCC7C8(C)CCC(O)C(C)(C=O)C8CCC7(C)C6(C)CCC45)C3O)C(O)C2O)C(OC2OCC(O)C(O)C2O)C(O)C1O. The van der Waals surface area contributed by atoms with Gasteiger partial charge in [-0.25, -0.2) is 0 Å². The van der Waals surface area contributed by atoms with Gasteiger partial charge in [0, 0.05) is 0 Å². The molecule has 9 rings (SSSR count). The van der Waals surface area contributed by atoms with Crippen LogP contribution in [0.5, 0.6) is 0 Å². The second-order valence-corrected chi connectivity index (χ2v) is 24.5. The van der Waals surface area contributed by atoms with Gasteiger partial charge in [0.05, 0.1) is 43.4 Å². The summed E-state index contributed by atoms with van der Waals surface area (Å²) in [6.45, 7) is 13.7. The number of hydrogen-bond acceptors (Lipinski definition) is 20. The first-order valence-electron chi connectivity index (χ1n) is 25.9. The van der Waals surface area contributed by atoms with E-state index in [1.807, 2.05) is 6.92 Å². The second-order valence-electron chi connectivity index (χ2n) is 24.5. The minimum Gasteiger partial charge on any atom is -0.433 e. The van der Waals surface area contributed by atoms with E-state index in [1.54, 1.807) is 0 Å². The zero-order valence-electron chi connectivity index (χ0n) is 42.0. The van der Waals surface area contributed by atoms with Crippen molar-refractivity contribution in [3.63, 3.8) is 0 Å². The zero-order valence-corrected chi connectivity index (χ0v) is 42.0. The number of rotatable bonds is 9. The maximum Gasteiger partial charge on any atom is 0.311 e. The van der Waals surface area contributed by atoms with Gasteiger partial charge in [-0.05, 0) is 110 Å². The minimum atomic E-state index is -1.86. The van der Waals surface area contributed by atoms with Gasteiger partial charge in [0.2, 0.25) is 6.29 Å². The van der Waals surface area contributed by atoms with Gasteiger partial charge < -0.3 is 93.8 Å². The molecule has 20 heteroatoms. The van der Waals surface area contributed by atoms with Gasteiger partial charge in [-0.15, -0.1) is 0 Å². The van der Waals surface area contributed by atoms with E-state index in [4.69, 9.17) is 37.9 Å². The maximum atomic E-state index is 14.5. The molecule has 27 unspecified atom stereocenters. The van der Waals surface area contributed by atoms with Gasteiger partial charge in [0.15, 0.2) is 18.9 Å². The van der Waals surface area contributed by atoms with E-state index >= 15 is 0 Å². The normalized spacial score (nSPS) is 55.1. The Bertz CT molecular complexity index is 1970. The molecule has 4 saturated carbocycles. The van der Waals surface area contributed by atoms with Crippen LogP contribution in [-0.4, -0.2) is 194 Å². The van der Waals surface area contributed by atoms with E-state index in [0.29, 0.717) is 18.8 Å². The van der Waals surface area contributed by atoms with E-state index in [9.17, 15) is 60.7 Å². The molecule has 5 aliphatic carbocycles. The van der Waals surface area contributed by atoms with Gasteiger partial charge in [0.25, 0.3) is 0 Å². The van der Waals surface area contributed by atoms with Crippen molar-refractivity contribution in [3.8, 4) is 0 Å². The lowest BCUT2D eigenvalue weighted by Gasteiger charge is -2.70. The van der Waals surface area contributed by atoms with Crippen LogP contribution in [-0.2, 0) is 47.5 Å². The standard InChI is InChI=1S/C51H80O20/c1-22-33(56)36(59)41(70-43-37(60)34(57)27(53)18-64-43)46(67-22)68-29-20-66-44(38(61)35(29)58)69-40-28(54)19-65-45(39(40)62)71-42(63)25-17-47(2,3)16-24-23(25)10-14-50(6)26(24)8-9-31-48(4)13-12-32(55)49(5,21-52)30(48)11-15-51(31,50)7/h8,21-25,27-41,43-46,53-62H,9-20H2,1-7H3. The van der Waals surface area contributed by atoms with Crippen molar-refractivity contribution < 1.29 is 98.5 Å². The van der Waals surface area contributed by atoms with Crippen LogP contribution in [0.4, 0.5) is 0 Å². The number of fused-ring (bicyclic) bond motifs is 7. The molecule has 9 aliphatic rings. The highest BCUT2D eigenvalue weighted by atomic mass is 16.8. The summed E-state index contributed by atoms with van der Waals surface area (Å²) in [5.41, 5.74) is 0.0591. The Morgan fingerprint density at radius 2 is 1.30 bits per heavy atom. The van der Waals surface area contributed by atoms with Crippen molar-refractivity contribution >= 4 is 12.3 Å². The molecule has 27 atom stereocenters. The largest absolute Gasteiger partial charge is 0.433 e. The molecular formula is C51H80O20. The average Bonchev–Trinajstić information content (AvgIpc) is 3.32. The molecule has 4 aliphatic heterocycles. The van der Waals surface area contributed by atoms with Crippen molar-refractivity contribution in [1.29, 1.82) is 0 Å². The number of aldehydes is 1. The number of allylic oxidation sites excluding steroid dienone is 2. The number of hydrogen-bond donors (Lipinski definition) is 10. The van der Waals surface area contributed by atoms with Crippen LogP contribution < -0.4 is 0 Å². The second kappa shape index (κ2) is 19.6. The topological polar surface area (TPSA) is 310 Å². The molecular weight excluding hydrogens is 933 g/mol.